The van der Waals surface area contributed by atoms with Crippen molar-refractivity contribution in [2.45, 2.75) is 32.4 Å². The van der Waals surface area contributed by atoms with E-state index in [1.807, 2.05) is 6.20 Å². The summed E-state index contributed by atoms with van der Waals surface area (Å²) in [6.45, 7) is 4.36. The number of thiazole rings is 1. The first kappa shape index (κ1) is 15.7. The van der Waals surface area contributed by atoms with Gasteiger partial charge in [-0.3, -0.25) is 4.90 Å². The van der Waals surface area contributed by atoms with Crippen molar-refractivity contribution in [3.63, 3.8) is 0 Å². The number of piperidine rings is 1. The molecule has 0 unspecified atom stereocenters. The molecule has 1 aromatic rings. The SMILES string of the molecule is CCS(=O)(=O)N(C)C1CCN(Cc2cnc(N)s2)CC1. The van der Waals surface area contributed by atoms with Gasteiger partial charge in [-0.15, -0.1) is 11.3 Å². The maximum Gasteiger partial charge on any atom is 0.213 e. The number of nitrogen functional groups attached to an aromatic ring is 1. The summed E-state index contributed by atoms with van der Waals surface area (Å²) in [5.74, 6) is 0.170. The average molecular weight is 318 g/mol. The molecule has 0 atom stereocenters. The largest absolute Gasteiger partial charge is 0.375 e. The lowest BCUT2D eigenvalue weighted by Crippen LogP contribution is -2.45. The van der Waals surface area contributed by atoms with Gasteiger partial charge in [0, 0.05) is 43.8 Å². The van der Waals surface area contributed by atoms with E-state index in [4.69, 9.17) is 5.73 Å². The summed E-state index contributed by atoms with van der Waals surface area (Å²) < 4.78 is 25.3. The first-order chi connectivity index (χ1) is 9.42. The molecule has 1 aromatic heterocycles. The minimum atomic E-state index is -3.08. The highest BCUT2D eigenvalue weighted by atomic mass is 32.2. The Morgan fingerprint density at radius 1 is 1.50 bits per heavy atom. The maximum atomic E-state index is 11.9. The predicted molar refractivity (Wildman–Crippen MR) is 82.0 cm³/mol. The van der Waals surface area contributed by atoms with Gasteiger partial charge in [0.15, 0.2) is 5.13 Å². The van der Waals surface area contributed by atoms with E-state index in [0.29, 0.717) is 5.13 Å². The number of nitrogens with two attached hydrogens (primary N) is 1. The van der Waals surface area contributed by atoms with E-state index >= 15 is 0 Å². The molecular weight excluding hydrogens is 296 g/mol. The summed E-state index contributed by atoms with van der Waals surface area (Å²) in [5.41, 5.74) is 5.62. The Balaban J connectivity index is 1.86. The standard InChI is InChI=1S/C12H22N4O2S2/c1-3-20(17,18)15(2)10-4-6-16(7-5-10)9-11-8-14-12(13)19-11/h8,10H,3-7,9H2,1-2H3,(H2,13,14). The van der Waals surface area contributed by atoms with Crippen LogP contribution in [0.25, 0.3) is 0 Å². The molecule has 2 rings (SSSR count). The summed E-state index contributed by atoms with van der Waals surface area (Å²) in [7, 11) is -1.38. The summed E-state index contributed by atoms with van der Waals surface area (Å²) in [5, 5.41) is 0.601. The molecule has 0 radical (unpaired) electrons. The molecule has 1 fully saturated rings. The molecule has 0 aliphatic carbocycles. The van der Waals surface area contributed by atoms with E-state index in [2.05, 4.69) is 9.88 Å². The third kappa shape index (κ3) is 3.69. The van der Waals surface area contributed by atoms with Gasteiger partial charge in [0.1, 0.15) is 0 Å². The van der Waals surface area contributed by atoms with E-state index in [9.17, 15) is 8.42 Å². The predicted octanol–water partition coefficient (Wildman–Crippen LogP) is 0.971. The second-order valence-electron chi connectivity index (χ2n) is 5.09. The van der Waals surface area contributed by atoms with Crippen LogP contribution in [0.2, 0.25) is 0 Å². The molecule has 0 bridgehead atoms. The minimum Gasteiger partial charge on any atom is -0.375 e. The Kier molecular flexibility index (Phi) is 5.00. The van der Waals surface area contributed by atoms with E-state index in [0.717, 1.165) is 37.4 Å². The summed E-state index contributed by atoms with van der Waals surface area (Å²) in [4.78, 5) is 7.54. The van der Waals surface area contributed by atoms with Gasteiger partial charge in [-0.05, 0) is 19.8 Å². The highest BCUT2D eigenvalue weighted by Gasteiger charge is 2.28. The van der Waals surface area contributed by atoms with Crippen LogP contribution >= 0.6 is 11.3 Å². The number of sulfonamides is 1. The normalized spacial score (nSPS) is 18.8. The lowest BCUT2D eigenvalue weighted by atomic mass is 10.1. The third-order valence-electron chi connectivity index (χ3n) is 3.83. The topological polar surface area (TPSA) is 79.5 Å². The van der Waals surface area contributed by atoms with Crippen LogP contribution in [0, 0.1) is 0 Å². The van der Waals surface area contributed by atoms with Gasteiger partial charge in [-0.1, -0.05) is 0 Å². The second kappa shape index (κ2) is 6.38. The summed E-state index contributed by atoms with van der Waals surface area (Å²) in [6, 6.07) is 0.128. The molecule has 0 amide bonds. The highest BCUT2D eigenvalue weighted by Crippen LogP contribution is 2.22. The molecule has 0 saturated carbocycles. The first-order valence-electron chi connectivity index (χ1n) is 6.80. The van der Waals surface area contributed by atoms with Crippen molar-refractivity contribution in [3.05, 3.63) is 11.1 Å². The van der Waals surface area contributed by atoms with Gasteiger partial charge < -0.3 is 5.73 Å². The van der Waals surface area contributed by atoms with Gasteiger partial charge in [0.25, 0.3) is 0 Å². The lowest BCUT2D eigenvalue weighted by molar-refractivity contribution is 0.165. The molecule has 1 saturated heterocycles. The van der Waals surface area contributed by atoms with Crippen LogP contribution in [0.5, 0.6) is 0 Å². The summed E-state index contributed by atoms with van der Waals surface area (Å²) >= 11 is 1.52. The fraction of sp³-hybridized carbons (Fsp3) is 0.750. The van der Waals surface area contributed by atoms with Crippen molar-refractivity contribution in [3.8, 4) is 0 Å². The molecule has 6 nitrogen and oxygen atoms in total. The number of hydrogen-bond acceptors (Lipinski definition) is 6. The third-order valence-corrected chi connectivity index (χ3v) is 6.54. The zero-order chi connectivity index (χ0) is 14.8. The number of aromatic nitrogens is 1. The van der Waals surface area contributed by atoms with Crippen LogP contribution in [-0.4, -0.2) is 54.5 Å². The Morgan fingerprint density at radius 2 is 2.15 bits per heavy atom. The highest BCUT2D eigenvalue weighted by molar-refractivity contribution is 7.89. The molecule has 20 heavy (non-hydrogen) atoms. The molecule has 114 valence electrons. The molecular formula is C12H22N4O2S2. The van der Waals surface area contributed by atoms with E-state index < -0.39 is 10.0 Å². The molecule has 1 aliphatic rings. The van der Waals surface area contributed by atoms with Crippen molar-refractivity contribution < 1.29 is 8.42 Å². The number of nitrogens with zero attached hydrogens (tertiary/aromatic N) is 3. The van der Waals surface area contributed by atoms with Crippen molar-refractivity contribution in [2.24, 2.45) is 0 Å². The summed E-state index contributed by atoms with van der Waals surface area (Å²) in [6.07, 6.45) is 3.58. The maximum absolute atomic E-state index is 11.9. The second-order valence-corrected chi connectivity index (χ2v) is 8.55. The lowest BCUT2D eigenvalue weighted by Gasteiger charge is -2.35. The van der Waals surface area contributed by atoms with E-state index in [-0.39, 0.29) is 11.8 Å². The smallest absolute Gasteiger partial charge is 0.213 e. The zero-order valence-electron chi connectivity index (χ0n) is 11.9. The van der Waals surface area contributed by atoms with E-state index in [1.54, 1.807) is 18.3 Å². The van der Waals surface area contributed by atoms with Gasteiger partial charge in [0.2, 0.25) is 10.0 Å². The van der Waals surface area contributed by atoms with Crippen LogP contribution in [0.4, 0.5) is 5.13 Å². The molecule has 2 N–H and O–H groups in total. The van der Waals surface area contributed by atoms with Gasteiger partial charge >= 0.3 is 0 Å². The van der Waals surface area contributed by atoms with Gasteiger partial charge in [-0.25, -0.2) is 17.7 Å². The van der Waals surface area contributed by atoms with Crippen LogP contribution < -0.4 is 5.73 Å². The van der Waals surface area contributed by atoms with Crippen molar-refractivity contribution in [2.75, 3.05) is 31.6 Å². The van der Waals surface area contributed by atoms with Crippen molar-refractivity contribution >= 4 is 26.5 Å². The van der Waals surface area contributed by atoms with Crippen LogP contribution in [0.15, 0.2) is 6.20 Å². The molecule has 0 spiro atoms. The van der Waals surface area contributed by atoms with Crippen LogP contribution in [-0.2, 0) is 16.6 Å². The van der Waals surface area contributed by atoms with Crippen molar-refractivity contribution in [1.82, 2.24) is 14.2 Å². The molecule has 1 aliphatic heterocycles. The van der Waals surface area contributed by atoms with Gasteiger partial charge in [-0.2, -0.15) is 0 Å². The minimum absolute atomic E-state index is 0.128. The number of hydrogen-bond donors (Lipinski definition) is 1. The fourth-order valence-corrected chi connectivity index (χ4v) is 4.29. The first-order valence-corrected chi connectivity index (χ1v) is 9.23. The van der Waals surface area contributed by atoms with Crippen molar-refractivity contribution in [1.29, 1.82) is 0 Å². The zero-order valence-corrected chi connectivity index (χ0v) is 13.6. The molecule has 2 heterocycles. The van der Waals surface area contributed by atoms with E-state index in [1.165, 1.54) is 11.3 Å². The average Bonchev–Trinajstić information content (AvgIpc) is 2.84. The monoisotopic (exact) mass is 318 g/mol. The van der Waals surface area contributed by atoms with Gasteiger partial charge in [0.05, 0.1) is 5.75 Å². The number of rotatable bonds is 5. The Morgan fingerprint density at radius 3 is 2.65 bits per heavy atom. The Labute approximate surface area is 124 Å². The van der Waals surface area contributed by atoms with Crippen LogP contribution in [0.3, 0.4) is 0 Å². The molecule has 0 aromatic carbocycles. The van der Waals surface area contributed by atoms with Crippen LogP contribution in [0.1, 0.15) is 24.6 Å². The fourth-order valence-electron chi connectivity index (χ4n) is 2.49. The number of likely N-dealkylation sites (tertiary alicyclic amines) is 1. The Hall–Kier alpha value is -0.700. The Bertz CT molecular complexity index is 535. The molecule has 8 heteroatoms. The quantitative estimate of drug-likeness (QED) is 0.875. The number of anilines is 1.